The van der Waals surface area contributed by atoms with Crippen molar-refractivity contribution in [2.24, 2.45) is 0 Å². The van der Waals surface area contributed by atoms with Gasteiger partial charge < -0.3 is 0 Å². The minimum atomic E-state index is -3.90. The first-order chi connectivity index (χ1) is 9.33. The molecule has 10 saturated heterocycles. The monoisotopic (exact) mass is 358 g/mol. The van der Waals surface area contributed by atoms with Gasteiger partial charge in [-0.1, -0.05) is 0 Å². The summed E-state index contributed by atoms with van der Waals surface area (Å²) in [6.45, 7) is 9.65. The molecule has 1 nitrogen and oxygen atoms in total. The van der Waals surface area contributed by atoms with E-state index in [1.54, 1.807) is 0 Å². The fourth-order valence-corrected chi connectivity index (χ4v) is 171. The molecule has 0 N–H and O–H groups in total. The summed E-state index contributed by atoms with van der Waals surface area (Å²) in [5, 5.41) is 0. The molecule has 0 aromatic heterocycles. The number of Topliss-reactive ketones (excluding diaryl/α,β-unsaturated/α-hetero) is 1. The van der Waals surface area contributed by atoms with Crippen molar-refractivity contribution in [2.75, 3.05) is 0 Å². The van der Waals surface area contributed by atoms with E-state index in [0.717, 1.165) is 26.8 Å². The Morgan fingerprint density at radius 3 is 1.60 bits per heavy atom. The topological polar surface area (TPSA) is 17.1 Å². The van der Waals surface area contributed by atoms with Crippen LogP contribution >= 0.6 is 0 Å². The van der Waals surface area contributed by atoms with Crippen LogP contribution in [0.1, 0.15) is 47.0 Å². The second kappa shape index (κ2) is 0.742. The number of carbonyl (C=O) groups is 1. The molecule has 0 aliphatic carbocycles. The van der Waals surface area contributed by atoms with Crippen LogP contribution in [0.2, 0.25) is 43.1 Å². The summed E-state index contributed by atoms with van der Waals surface area (Å²) in [5.74, 6) is 0.742. The molecular formula is C18H24ORu. The molecule has 10 heterocycles. The fraction of sp³-hybridized carbons (Fsp3) is 0.944. The molecule has 0 aromatic carbocycles. The maximum absolute atomic E-state index is 13.0. The summed E-state index contributed by atoms with van der Waals surface area (Å²) in [5.41, 5.74) is 0. The Hall–Kier alpha value is 0.293. The Morgan fingerprint density at radius 1 is 0.850 bits per heavy atom. The summed E-state index contributed by atoms with van der Waals surface area (Å²) in [4.78, 5) is 13.0. The van der Waals surface area contributed by atoms with Crippen LogP contribution in [-0.2, 0) is 12.5 Å². The van der Waals surface area contributed by atoms with Crippen molar-refractivity contribution in [3.05, 3.63) is 0 Å². The van der Waals surface area contributed by atoms with Gasteiger partial charge in [-0.2, -0.15) is 0 Å². The van der Waals surface area contributed by atoms with Crippen molar-refractivity contribution in [3.63, 3.8) is 0 Å². The summed E-state index contributed by atoms with van der Waals surface area (Å²) in [7, 11) is -3.90. The Bertz CT molecular complexity index is 1160. The van der Waals surface area contributed by atoms with Crippen molar-refractivity contribution in [2.45, 2.75) is 90.1 Å². The standard InChI is InChI=1S/C9H11O.C9H13.Ru/c1-3-8-4-5-9(6-8)7(2)10;1-3-8-5-6-9(4-2)7-8;/h4-6H,3H2,1-2H3;5-7H,3-4H2,1-2H3;. The second-order valence-electron chi connectivity index (χ2n) is 12.1. The van der Waals surface area contributed by atoms with Gasteiger partial charge in [0.05, 0.1) is 0 Å². The summed E-state index contributed by atoms with van der Waals surface area (Å²) in [6.07, 6.45) is 4.51. The van der Waals surface area contributed by atoms with Crippen molar-refractivity contribution in [1.82, 2.24) is 0 Å². The number of hydrogen-bond acceptors (Lipinski definition) is 1. The predicted molar refractivity (Wildman–Crippen MR) is 74.8 cm³/mol. The average Bonchev–Trinajstić information content (AvgIpc) is 3.39. The summed E-state index contributed by atoms with van der Waals surface area (Å²) >= 11 is 0. The number of hydrogen-bond donors (Lipinski definition) is 0. The molecular weight excluding hydrogens is 333 g/mol. The fourth-order valence-electron chi connectivity index (χ4n) is 22.5. The molecule has 10 aliphatic rings. The van der Waals surface area contributed by atoms with Gasteiger partial charge >= 0.3 is 108 Å². The van der Waals surface area contributed by atoms with Crippen molar-refractivity contribution >= 4 is 5.78 Å². The first-order valence-corrected chi connectivity index (χ1v) is 18.5. The third kappa shape index (κ3) is 0.0766. The Morgan fingerprint density at radius 2 is 1.30 bits per heavy atom. The first-order valence-electron chi connectivity index (χ1n) is 9.04. The zero-order valence-corrected chi connectivity index (χ0v) is 14.6. The van der Waals surface area contributed by atoms with Crippen LogP contribution in [-0.4, -0.2) is 5.78 Å². The van der Waals surface area contributed by atoms with Gasteiger partial charge in [0.1, 0.15) is 0 Å². The molecule has 0 aromatic rings. The van der Waals surface area contributed by atoms with E-state index < -0.39 is 7.72 Å². The number of fused-ring (bicyclic) bond motifs is 10. The van der Waals surface area contributed by atoms with Gasteiger partial charge in [0, 0.05) is 0 Å². The molecule has 1 spiro atoms. The van der Waals surface area contributed by atoms with Crippen molar-refractivity contribution in [3.8, 4) is 0 Å². The minimum absolute atomic E-state index is 0.464. The Labute approximate surface area is 108 Å². The van der Waals surface area contributed by atoms with Gasteiger partial charge in [-0.25, -0.2) is 0 Å². The van der Waals surface area contributed by atoms with Crippen molar-refractivity contribution < 1.29 is 12.5 Å². The molecule has 10 rings (SSSR count). The Kier molecular flexibility index (Phi) is 0.327. The molecule has 0 amide bonds. The van der Waals surface area contributed by atoms with E-state index >= 15 is 0 Å². The molecule has 9 atom stereocenters. The zero-order valence-electron chi connectivity index (χ0n) is 12.8. The summed E-state index contributed by atoms with van der Waals surface area (Å²) in [6, 6.07) is 0. The van der Waals surface area contributed by atoms with Crippen LogP contribution in [0, 0.1) is 0 Å². The van der Waals surface area contributed by atoms with E-state index in [-0.39, 0.29) is 0 Å². The molecule has 0 bridgehead atoms. The van der Waals surface area contributed by atoms with Gasteiger partial charge in [0.25, 0.3) is 0 Å². The molecule has 10 aliphatic heterocycles. The van der Waals surface area contributed by atoms with Gasteiger partial charge in [-0.3, -0.25) is 0 Å². The second-order valence-corrected chi connectivity index (χ2v) is 48.0. The predicted octanol–water partition coefficient (Wildman–Crippen LogP) is 5.68. The average molecular weight is 357 g/mol. The van der Waals surface area contributed by atoms with Gasteiger partial charge in [0.15, 0.2) is 0 Å². The van der Waals surface area contributed by atoms with E-state index in [1.807, 2.05) is 6.92 Å². The zero-order chi connectivity index (χ0) is 13.5. The quantitative estimate of drug-likeness (QED) is 0.592. The Balaban J connectivity index is 1.68. The van der Waals surface area contributed by atoms with Gasteiger partial charge in [-0.15, -0.1) is 0 Å². The van der Waals surface area contributed by atoms with Crippen LogP contribution in [0.5, 0.6) is 0 Å². The van der Waals surface area contributed by atoms with E-state index in [2.05, 4.69) is 20.8 Å². The molecule has 10 fully saturated rings. The third-order valence-corrected chi connectivity index (χ3v) is 90.5. The molecule has 9 unspecified atom stereocenters. The van der Waals surface area contributed by atoms with Crippen LogP contribution in [0.25, 0.3) is 0 Å². The maximum atomic E-state index is 13.0. The van der Waals surface area contributed by atoms with Gasteiger partial charge in [-0.05, 0) is 0 Å². The normalized spacial score (nSPS) is 114. The molecule has 20 heavy (non-hydrogen) atoms. The van der Waals surface area contributed by atoms with E-state index in [1.165, 1.54) is 37.3 Å². The van der Waals surface area contributed by atoms with Crippen LogP contribution in [0.3, 0.4) is 0 Å². The van der Waals surface area contributed by atoms with Crippen LogP contribution in [0.4, 0.5) is 0 Å². The van der Waals surface area contributed by atoms with E-state index in [9.17, 15) is 4.79 Å². The van der Waals surface area contributed by atoms with E-state index in [0.29, 0.717) is 4.01 Å². The molecule has 0 radical (unpaired) electrons. The SMILES string of the molecule is CC[C]12[CH]3[CH]4[C]5(CC)[CH]1[Ru]34251678[CH]2[CH]1[C]6(C(C)=O)[CH]7[C]28CC. The van der Waals surface area contributed by atoms with Gasteiger partial charge in [0.2, 0.25) is 0 Å². The van der Waals surface area contributed by atoms with Crippen LogP contribution in [0.15, 0.2) is 0 Å². The molecule has 0 saturated carbocycles. The molecule has 2 heteroatoms. The molecule has 110 valence electrons. The summed E-state index contributed by atoms with van der Waals surface area (Å²) < 4.78 is 10.4. The van der Waals surface area contributed by atoms with Crippen LogP contribution < -0.4 is 0 Å². The number of carbonyl (C=O) groups excluding carboxylic acids is 1. The van der Waals surface area contributed by atoms with Crippen molar-refractivity contribution in [1.29, 1.82) is 0 Å². The van der Waals surface area contributed by atoms with E-state index in [4.69, 9.17) is 0 Å². The first kappa shape index (κ1) is 8.80. The number of ketones is 1. The number of rotatable bonds is 4. The third-order valence-electron chi connectivity index (χ3n) is 18.1.